The molecule has 2 aromatic heterocycles. The molecule has 5 aromatic rings. The van der Waals surface area contributed by atoms with Crippen molar-refractivity contribution in [2.75, 3.05) is 0 Å². The molecule has 0 atom stereocenters. The van der Waals surface area contributed by atoms with Gasteiger partial charge in [0.2, 0.25) is 0 Å². The molecular formula is C33H38S2. The van der Waals surface area contributed by atoms with Crippen molar-refractivity contribution >= 4 is 64.4 Å². The molecule has 182 valence electrons. The summed E-state index contributed by atoms with van der Waals surface area (Å²) in [7, 11) is 0. The highest BCUT2D eigenvalue weighted by atomic mass is 32.1. The van der Waals surface area contributed by atoms with Crippen LogP contribution in [0.2, 0.25) is 0 Å². The maximum Gasteiger partial charge on any atom is 0.0424 e. The fourth-order valence-corrected chi connectivity index (χ4v) is 8.71. The minimum atomic E-state index is 0.997. The van der Waals surface area contributed by atoms with Gasteiger partial charge in [0, 0.05) is 29.9 Å². The van der Waals surface area contributed by atoms with Crippen molar-refractivity contribution in [3.05, 3.63) is 58.3 Å². The van der Waals surface area contributed by atoms with Crippen molar-refractivity contribution in [1.29, 1.82) is 0 Å². The Kier molecular flexibility index (Phi) is 7.12. The van der Waals surface area contributed by atoms with Crippen molar-refractivity contribution in [2.45, 2.75) is 90.4 Å². The zero-order chi connectivity index (χ0) is 23.6. The normalized spacial score (nSPS) is 15.2. The Bertz CT molecular complexity index is 1440. The lowest BCUT2D eigenvalue weighted by atomic mass is 9.86. The molecule has 1 fully saturated rings. The summed E-state index contributed by atoms with van der Waals surface area (Å²) in [6, 6.07) is 19.3. The number of fused-ring (bicyclic) bond motifs is 6. The highest BCUT2D eigenvalue weighted by Gasteiger charge is 2.14. The molecule has 2 heterocycles. The standard InChI is InChI=1S/C33H38S2/c1-2-3-4-8-13-28-19-26-17-15-24-22-31-25(21-30(24)32(26)34-28)16-18-27-20-29(35-33(27)31)14-9-12-23-10-6-5-7-11-23/h15-23H,2-14H2,1H3. The van der Waals surface area contributed by atoms with Crippen molar-refractivity contribution in [1.82, 2.24) is 0 Å². The van der Waals surface area contributed by atoms with Crippen LogP contribution >= 0.6 is 22.7 Å². The molecule has 2 heteroatoms. The lowest BCUT2D eigenvalue weighted by Gasteiger charge is -2.21. The average molecular weight is 499 g/mol. The summed E-state index contributed by atoms with van der Waals surface area (Å²) in [5.74, 6) is 0.997. The Morgan fingerprint density at radius 3 is 1.80 bits per heavy atom. The zero-order valence-electron chi connectivity index (χ0n) is 21.2. The molecule has 0 nitrogen and oxygen atoms in total. The third kappa shape index (κ3) is 5.02. The first-order valence-corrected chi connectivity index (χ1v) is 15.7. The molecule has 0 bridgehead atoms. The van der Waals surface area contributed by atoms with Crippen LogP contribution in [-0.2, 0) is 12.8 Å². The molecule has 6 rings (SSSR count). The van der Waals surface area contributed by atoms with Crippen LogP contribution in [0.3, 0.4) is 0 Å². The van der Waals surface area contributed by atoms with E-state index in [9.17, 15) is 0 Å². The lowest BCUT2D eigenvalue weighted by molar-refractivity contribution is 0.333. The van der Waals surface area contributed by atoms with E-state index in [4.69, 9.17) is 0 Å². The third-order valence-corrected chi connectivity index (χ3v) is 10.7. The van der Waals surface area contributed by atoms with Crippen LogP contribution in [0.5, 0.6) is 0 Å². The molecule has 0 radical (unpaired) electrons. The Balaban J connectivity index is 1.27. The summed E-state index contributed by atoms with van der Waals surface area (Å²) in [5.41, 5.74) is 0. The number of benzene rings is 3. The van der Waals surface area contributed by atoms with Gasteiger partial charge in [-0.15, -0.1) is 22.7 Å². The van der Waals surface area contributed by atoms with Gasteiger partial charge in [0.15, 0.2) is 0 Å². The van der Waals surface area contributed by atoms with Gasteiger partial charge in [0.05, 0.1) is 0 Å². The van der Waals surface area contributed by atoms with Gasteiger partial charge in [-0.1, -0.05) is 89.0 Å². The van der Waals surface area contributed by atoms with Crippen molar-refractivity contribution < 1.29 is 0 Å². The first-order valence-electron chi connectivity index (χ1n) is 14.1. The molecule has 1 aliphatic carbocycles. The van der Waals surface area contributed by atoms with Gasteiger partial charge in [-0.2, -0.15) is 0 Å². The molecule has 0 saturated heterocycles. The van der Waals surface area contributed by atoms with Crippen LogP contribution in [0.25, 0.3) is 41.7 Å². The molecule has 0 unspecified atom stereocenters. The van der Waals surface area contributed by atoms with E-state index in [-0.39, 0.29) is 0 Å². The van der Waals surface area contributed by atoms with Crippen LogP contribution in [0.1, 0.15) is 87.3 Å². The number of rotatable bonds is 9. The molecule has 1 aliphatic rings. The second-order valence-electron chi connectivity index (χ2n) is 10.9. The molecule has 1 saturated carbocycles. The Morgan fingerprint density at radius 1 is 0.629 bits per heavy atom. The van der Waals surface area contributed by atoms with Crippen molar-refractivity contribution in [3.8, 4) is 0 Å². The van der Waals surface area contributed by atoms with Crippen molar-refractivity contribution in [2.24, 2.45) is 5.92 Å². The maximum absolute atomic E-state index is 2.47. The van der Waals surface area contributed by atoms with E-state index in [1.807, 2.05) is 22.7 Å². The summed E-state index contributed by atoms with van der Waals surface area (Å²) >= 11 is 4.07. The van der Waals surface area contributed by atoms with Crippen LogP contribution in [0.4, 0.5) is 0 Å². The number of hydrogen-bond donors (Lipinski definition) is 0. The van der Waals surface area contributed by atoms with E-state index in [0.717, 1.165) is 5.92 Å². The fourth-order valence-electron chi connectivity index (χ4n) is 6.26. The number of aryl methyl sites for hydroxylation is 2. The molecule has 0 amide bonds. The summed E-state index contributed by atoms with van der Waals surface area (Å²) in [5, 5.41) is 8.51. The van der Waals surface area contributed by atoms with Crippen LogP contribution < -0.4 is 0 Å². The summed E-state index contributed by atoms with van der Waals surface area (Å²) < 4.78 is 2.96. The van der Waals surface area contributed by atoms with Gasteiger partial charge in [-0.25, -0.2) is 0 Å². The molecule has 3 aromatic carbocycles. The SMILES string of the molecule is CCCCCCc1cc2ccc3cc4c(ccc5cc(CCCC6CCCCC6)sc54)cc3c2s1. The monoisotopic (exact) mass is 498 g/mol. The second kappa shape index (κ2) is 10.6. The van der Waals surface area contributed by atoms with Gasteiger partial charge in [-0.3, -0.25) is 0 Å². The highest BCUT2D eigenvalue weighted by Crippen LogP contribution is 2.39. The topological polar surface area (TPSA) is 0 Å². The van der Waals surface area contributed by atoms with E-state index in [1.54, 1.807) is 9.75 Å². The number of thiophene rings is 2. The van der Waals surface area contributed by atoms with Gasteiger partial charge in [0.1, 0.15) is 0 Å². The quantitative estimate of drug-likeness (QED) is 0.140. The Morgan fingerprint density at radius 2 is 1.20 bits per heavy atom. The van der Waals surface area contributed by atoms with Crippen LogP contribution in [0.15, 0.2) is 48.5 Å². The van der Waals surface area contributed by atoms with Gasteiger partial charge >= 0.3 is 0 Å². The van der Waals surface area contributed by atoms with Gasteiger partial charge in [0.25, 0.3) is 0 Å². The van der Waals surface area contributed by atoms with Gasteiger partial charge in [-0.05, 0) is 77.4 Å². The first-order chi connectivity index (χ1) is 17.3. The predicted molar refractivity (Wildman–Crippen MR) is 160 cm³/mol. The average Bonchev–Trinajstić information content (AvgIpc) is 3.50. The smallest absolute Gasteiger partial charge is 0.0424 e. The van der Waals surface area contributed by atoms with E-state index >= 15 is 0 Å². The third-order valence-electron chi connectivity index (χ3n) is 8.26. The van der Waals surface area contributed by atoms with Gasteiger partial charge < -0.3 is 0 Å². The summed E-state index contributed by atoms with van der Waals surface area (Å²) in [6.45, 7) is 2.29. The lowest BCUT2D eigenvalue weighted by Crippen LogP contribution is -2.06. The molecule has 0 spiro atoms. The highest BCUT2D eigenvalue weighted by molar-refractivity contribution is 7.20. The summed E-state index contributed by atoms with van der Waals surface area (Å²) in [4.78, 5) is 3.13. The molecule has 0 aliphatic heterocycles. The fraction of sp³-hybridized carbons (Fsp3) is 0.455. The Hall–Kier alpha value is -1.90. The van der Waals surface area contributed by atoms with Crippen LogP contribution in [0, 0.1) is 5.92 Å². The van der Waals surface area contributed by atoms with E-state index in [0.29, 0.717) is 0 Å². The molecule has 0 N–H and O–H groups in total. The predicted octanol–water partition coefficient (Wildman–Crippen LogP) is 11.4. The molecule has 35 heavy (non-hydrogen) atoms. The zero-order valence-corrected chi connectivity index (χ0v) is 22.8. The van der Waals surface area contributed by atoms with Crippen molar-refractivity contribution in [3.63, 3.8) is 0 Å². The number of hydrogen-bond acceptors (Lipinski definition) is 2. The minimum Gasteiger partial charge on any atom is -0.140 e. The largest absolute Gasteiger partial charge is 0.140 e. The maximum atomic E-state index is 2.47. The first kappa shape index (κ1) is 23.5. The minimum absolute atomic E-state index is 0.997. The second-order valence-corrected chi connectivity index (χ2v) is 13.2. The van der Waals surface area contributed by atoms with Crippen LogP contribution in [-0.4, -0.2) is 0 Å². The van der Waals surface area contributed by atoms with E-state index in [2.05, 4.69) is 55.5 Å². The number of unbranched alkanes of at least 4 members (excludes halogenated alkanes) is 3. The molecular weight excluding hydrogens is 460 g/mol. The van der Waals surface area contributed by atoms with E-state index < -0.39 is 0 Å². The Labute approximate surface area is 218 Å². The summed E-state index contributed by atoms with van der Waals surface area (Å²) in [6.07, 6.45) is 18.0. The van der Waals surface area contributed by atoms with E-state index in [1.165, 1.54) is 125 Å².